The molecule has 0 spiro atoms. The number of nitriles is 1. The largest absolute Gasteiger partial charge is 0.305 e. The van der Waals surface area contributed by atoms with Crippen molar-refractivity contribution in [1.82, 2.24) is 9.21 Å². The van der Waals surface area contributed by atoms with Gasteiger partial charge in [0.05, 0.1) is 6.07 Å². The summed E-state index contributed by atoms with van der Waals surface area (Å²) in [5, 5.41) is 8.43. The van der Waals surface area contributed by atoms with Gasteiger partial charge in [0.15, 0.2) is 5.75 Å². The van der Waals surface area contributed by atoms with Crippen molar-refractivity contribution >= 4 is 10.0 Å². The van der Waals surface area contributed by atoms with Gasteiger partial charge in [-0.25, -0.2) is 8.42 Å². The topological polar surface area (TPSA) is 64.4 Å². The average Bonchev–Trinajstić information content (AvgIpc) is 2.16. The summed E-state index contributed by atoms with van der Waals surface area (Å²) < 4.78 is 24.6. The predicted molar refractivity (Wildman–Crippen MR) is 57.7 cm³/mol. The number of likely N-dealkylation sites (N-methyl/N-ethyl adjacent to an activating group) is 2. The van der Waals surface area contributed by atoms with Crippen LogP contribution in [0.3, 0.4) is 0 Å². The van der Waals surface area contributed by atoms with Crippen LogP contribution in [0.5, 0.6) is 0 Å². The molecule has 1 aliphatic rings. The Balaban J connectivity index is 2.68. The summed E-state index contributed by atoms with van der Waals surface area (Å²) in [7, 11) is 0.161. The van der Waals surface area contributed by atoms with Crippen LogP contribution in [0, 0.1) is 11.3 Å². The number of sulfonamides is 1. The van der Waals surface area contributed by atoms with Crippen LogP contribution in [0.2, 0.25) is 0 Å². The molecule has 0 bridgehead atoms. The molecule has 6 heteroatoms. The van der Waals surface area contributed by atoms with Crippen molar-refractivity contribution < 1.29 is 8.42 Å². The van der Waals surface area contributed by atoms with E-state index in [1.54, 1.807) is 13.1 Å². The molecule has 1 heterocycles. The highest BCUT2D eigenvalue weighted by molar-refractivity contribution is 7.89. The molecule has 1 aliphatic heterocycles. The number of hydrogen-bond acceptors (Lipinski definition) is 4. The van der Waals surface area contributed by atoms with E-state index in [2.05, 4.69) is 4.90 Å². The van der Waals surface area contributed by atoms with Gasteiger partial charge in [0, 0.05) is 19.6 Å². The Morgan fingerprint density at radius 3 is 2.80 bits per heavy atom. The summed E-state index contributed by atoms with van der Waals surface area (Å²) in [6, 6.07) is 1.71. The molecule has 86 valence electrons. The summed E-state index contributed by atoms with van der Waals surface area (Å²) >= 11 is 0. The first-order valence-electron chi connectivity index (χ1n) is 4.98. The van der Waals surface area contributed by atoms with Gasteiger partial charge in [0.1, 0.15) is 0 Å². The van der Waals surface area contributed by atoms with Crippen molar-refractivity contribution in [3.8, 4) is 6.07 Å². The SMILES string of the molecule is CN1CCCC(N(C)S(=O)(=O)CC#N)C1. The van der Waals surface area contributed by atoms with Crippen LogP contribution in [-0.2, 0) is 10.0 Å². The Morgan fingerprint density at radius 2 is 2.27 bits per heavy atom. The van der Waals surface area contributed by atoms with E-state index in [0.717, 1.165) is 25.9 Å². The first kappa shape index (κ1) is 12.4. The van der Waals surface area contributed by atoms with Crippen molar-refractivity contribution in [3.05, 3.63) is 0 Å². The highest BCUT2D eigenvalue weighted by atomic mass is 32.2. The van der Waals surface area contributed by atoms with Crippen LogP contribution < -0.4 is 0 Å². The van der Waals surface area contributed by atoms with Gasteiger partial charge in [-0.05, 0) is 26.4 Å². The Hall–Kier alpha value is -0.640. The zero-order valence-corrected chi connectivity index (χ0v) is 10.00. The quantitative estimate of drug-likeness (QED) is 0.678. The highest BCUT2D eigenvalue weighted by Crippen LogP contribution is 2.16. The minimum absolute atomic E-state index is 0.0158. The van der Waals surface area contributed by atoms with E-state index in [1.165, 1.54) is 4.31 Å². The maximum Gasteiger partial charge on any atom is 0.227 e. The molecule has 1 fully saturated rings. The van der Waals surface area contributed by atoms with Gasteiger partial charge < -0.3 is 4.90 Å². The van der Waals surface area contributed by atoms with Crippen molar-refractivity contribution in [3.63, 3.8) is 0 Å². The Labute approximate surface area is 91.3 Å². The number of likely N-dealkylation sites (tertiary alicyclic amines) is 1. The summed E-state index contributed by atoms with van der Waals surface area (Å²) in [4.78, 5) is 2.12. The van der Waals surface area contributed by atoms with E-state index in [4.69, 9.17) is 5.26 Å². The summed E-state index contributed by atoms with van der Waals surface area (Å²) in [5.74, 6) is -0.427. The highest BCUT2D eigenvalue weighted by Gasteiger charge is 2.28. The molecule has 0 amide bonds. The minimum Gasteiger partial charge on any atom is -0.305 e. The van der Waals surface area contributed by atoms with Gasteiger partial charge in [-0.2, -0.15) is 9.57 Å². The molecule has 0 radical (unpaired) electrons. The molecule has 0 aromatic rings. The maximum absolute atomic E-state index is 11.6. The minimum atomic E-state index is -3.39. The first-order chi connectivity index (χ1) is 6.97. The monoisotopic (exact) mass is 231 g/mol. The van der Waals surface area contributed by atoms with Gasteiger partial charge in [-0.15, -0.1) is 0 Å². The van der Waals surface area contributed by atoms with E-state index in [-0.39, 0.29) is 6.04 Å². The third-order valence-electron chi connectivity index (χ3n) is 2.80. The lowest BCUT2D eigenvalue weighted by molar-refractivity contribution is 0.188. The molecule has 0 saturated carbocycles. The van der Waals surface area contributed by atoms with E-state index in [1.807, 2.05) is 7.05 Å². The van der Waals surface area contributed by atoms with Crippen molar-refractivity contribution in [2.45, 2.75) is 18.9 Å². The van der Waals surface area contributed by atoms with E-state index < -0.39 is 15.8 Å². The van der Waals surface area contributed by atoms with Gasteiger partial charge >= 0.3 is 0 Å². The number of hydrogen-bond donors (Lipinski definition) is 0. The summed E-state index contributed by atoms with van der Waals surface area (Å²) in [5.41, 5.74) is 0. The Bertz CT molecular complexity index is 347. The van der Waals surface area contributed by atoms with Gasteiger partial charge in [0.2, 0.25) is 10.0 Å². The van der Waals surface area contributed by atoms with Crippen LogP contribution in [0.15, 0.2) is 0 Å². The smallest absolute Gasteiger partial charge is 0.227 e. The third kappa shape index (κ3) is 3.16. The lowest BCUT2D eigenvalue weighted by Crippen LogP contribution is -2.47. The predicted octanol–water partition coefficient (Wildman–Crippen LogP) is -0.134. The summed E-state index contributed by atoms with van der Waals surface area (Å²) in [6.07, 6.45) is 1.89. The number of rotatable bonds is 3. The van der Waals surface area contributed by atoms with Crippen LogP contribution >= 0.6 is 0 Å². The molecular weight excluding hydrogens is 214 g/mol. The molecule has 1 unspecified atom stereocenters. The third-order valence-corrected chi connectivity index (χ3v) is 4.47. The standard InChI is InChI=1S/C9H17N3O2S/c1-11-6-3-4-9(8-11)12(2)15(13,14)7-5-10/h9H,3-4,6-8H2,1-2H3. The molecule has 1 saturated heterocycles. The van der Waals surface area contributed by atoms with Crippen LogP contribution in [0.25, 0.3) is 0 Å². The molecule has 0 aromatic heterocycles. The maximum atomic E-state index is 11.6. The second-order valence-corrected chi connectivity index (χ2v) is 6.02. The molecule has 1 atom stereocenters. The fraction of sp³-hybridized carbons (Fsp3) is 0.889. The van der Waals surface area contributed by atoms with Crippen molar-refractivity contribution in [2.75, 3.05) is 32.9 Å². The normalized spacial score (nSPS) is 24.0. The van der Waals surface area contributed by atoms with Crippen molar-refractivity contribution in [2.24, 2.45) is 0 Å². The second kappa shape index (κ2) is 4.92. The van der Waals surface area contributed by atoms with E-state index in [9.17, 15) is 8.42 Å². The van der Waals surface area contributed by atoms with E-state index in [0.29, 0.717) is 0 Å². The number of nitrogens with zero attached hydrogens (tertiary/aromatic N) is 3. The molecule has 5 nitrogen and oxygen atoms in total. The summed E-state index contributed by atoms with van der Waals surface area (Å²) in [6.45, 7) is 1.77. The van der Waals surface area contributed by atoms with Crippen molar-refractivity contribution in [1.29, 1.82) is 5.26 Å². The van der Waals surface area contributed by atoms with Gasteiger partial charge in [-0.3, -0.25) is 0 Å². The van der Waals surface area contributed by atoms with Crippen LogP contribution in [0.1, 0.15) is 12.8 Å². The Kier molecular flexibility index (Phi) is 4.08. The lowest BCUT2D eigenvalue weighted by Gasteiger charge is -2.34. The molecular formula is C9H17N3O2S. The first-order valence-corrected chi connectivity index (χ1v) is 6.59. The lowest BCUT2D eigenvalue weighted by atomic mass is 10.1. The van der Waals surface area contributed by atoms with Crippen LogP contribution in [-0.4, -0.2) is 56.6 Å². The zero-order chi connectivity index (χ0) is 11.5. The molecule has 0 aromatic carbocycles. The van der Waals surface area contributed by atoms with Crippen LogP contribution in [0.4, 0.5) is 0 Å². The van der Waals surface area contributed by atoms with Gasteiger partial charge in [-0.1, -0.05) is 0 Å². The molecule has 15 heavy (non-hydrogen) atoms. The average molecular weight is 231 g/mol. The van der Waals surface area contributed by atoms with E-state index >= 15 is 0 Å². The number of piperidine rings is 1. The second-order valence-electron chi connectivity index (χ2n) is 3.99. The molecule has 0 N–H and O–H groups in total. The molecule has 1 rings (SSSR count). The molecule has 0 aliphatic carbocycles. The van der Waals surface area contributed by atoms with Gasteiger partial charge in [0.25, 0.3) is 0 Å². The fourth-order valence-electron chi connectivity index (χ4n) is 1.85. The fourth-order valence-corrected chi connectivity index (χ4v) is 2.84. The zero-order valence-electron chi connectivity index (χ0n) is 9.18. The Morgan fingerprint density at radius 1 is 1.60 bits per heavy atom.